The Bertz CT molecular complexity index is 566. The van der Waals surface area contributed by atoms with Gasteiger partial charge in [-0.15, -0.1) is 0 Å². The van der Waals surface area contributed by atoms with Crippen LogP contribution in [0.15, 0.2) is 53.1 Å². The maximum Gasteiger partial charge on any atom is 0.289 e. The Balaban J connectivity index is 1.58. The number of hydrogen-bond donors (Lipinski definition) is 0. The lowest BCUT2D eigenvalue weighted by atomic mass is 10.2. The molecule has 1 aliphatic rings. The molecule has 4 nitrogen and oxygen atoms in total. The van der Waals surface area contributed by atoms with E-state index in [1.165, 1.54) is 5.56 Å². The molecule has 1 aliphatic heterocycles. The minimum atomic E-state index is 0.00145. The third kappa shape index (κ3) is 3.52. The summed E-state index contributed by atoms with van der Waals surface area (Å²) >= 11 is 0. The van der Waals surface area contributed by atoms with E-state index in [4.69, 9.17) is 4.42 Å². The molecule has 0 bridgehead atoms. The average Bonchev–Trinajstić information content (AvgIpc) is 2.95. The fraction of sp³-hybridized carbons (Fsp3) is 0.353. The van der Waals surface area contributed by atoms with E-state index in [0.29, 0.717) is 5.76 Å². The van der Waals surface area contributed by atoms with Crippen LogP contribution in [0.4, 0.5) is 0 Å². The normalized spacial score (nSPS) is 16.7. The molecular formula is C17H20N2O2. The Morgan fingerprint density at radius 3 is 2.62 bits per heavy atom. The van der Waals surface area contributed by atoms with Crippen molar-refractivity contribution in [2.24, 2.45) is 0 Å². The molecule has 1 fully saturated rings. The Hall–Kier alpha value is -2.07. The van der Waals surface area contributed by atoms with Gasteiger partial charge in [-0.3, -0.25) is 9.69 Å². The van der Waals surface area contributed by atoms with Gasteiger partial charge in [0, 0.05) is 32.7 Å². The third-order valence-corrected chi connectivity index (χ3v) is 3.86. The highest BCUT2D eigenvalue weighted by atomic mass is 16.3. The van der Waals surface area contributed by atoms with Crippen LogP contribution in [0.25, 0.3) is 0 Å². The van der Waals surface area contributed by atoms with Gasteiger partial charge in [0.1, 0.15) is 0 Å². The molecule has 3 rings (SSSR count). The van der Waals surface area contributed by atoms with Crippen LogP contribution in [0.5, 0.6) is 0 Å². The quantitative estimate of drug-likeness (QED) is 0.869. The molecule has 2 aromatic rings. The molecule has 0 atom stereocenters. The molecule has 21 heavy (non-hydrogen) atoms. The zero-order chi connectivity index (χ0) is 14.5. The van der Waals surface area contributed by atoms with Crippen LogP contribution in [0.2, 0.25) is 0 Å². The lowest BCUT2D eigenvalue weighted by molar-refractivity contribution is 0.0729. The van der Waals surface area contributed by atoms with Crippen molar-refractivity contribution in [2.45, 2.75) is 13.0 Å². The van der Waals surface area contributed by atoms with Gasteiger partial charge in [-0.05, 0) is 24.1 Å². The van der Waals surface area contributed by atoms with Crippen LogP contribution in [-0.4, -0.2) is 41.9 Å². The van der Waals surface area contributed by atoms with Crippen LogP contribution in [0.1, 0.15) is 22.5 Å². The summed E-state index contributed by atoms with van der Waals surface area (Å²) in [6.07, 6.45) is 2.55. The van der Waals surface area contributed by atoms with Gasteiger partial charge in [-0.25, -0.2) is 0 Å². The van der Waals surface area contributed by atoms with Crippen molar-refractivity contribution >= 4 is 5.91 Å². The van der Waals surface area contributed by atoms with Gasteiger partial charge in [0.2, 0.25) is 0 Å². The summed E-state index contributed by atoms with van der Waals surface area (Å²) in [6, 6.07) is 14.0. The molecular weight excluding hydrogens is 264 g/mol. The first kappa shape index (κ1) is 13.9. The molecule has 0 aliphatic carbocycles. The largest absolute Gasteiger partial charge is 0.459 e. The highest BCUT2D eigenvalue weighted by molar-refractivity contribution is 5.91. The summed E-state index contributed by atoms with van der Waals surface area (Å²) in [5, 5.41) is 0. The Morgan fingerprint density at radius 2 is 1.86 bits per heavy atom. The molecule has 1 saturated heterocycles. The topological polar surface area (TPSA) is 36.7 Å². The predicted molar refractivity (Wildman–Crippen MR) is 80.9 cm³/mol. The molecule has 0 radical (unpaired) electrons. The van der Waals surface area contributed by atoms with Crippen molar-refractivity contribution in [3.05, 3.63) is 60.1 Å². The van der Waals surface area contributed by atoms with Crippen molar-refractivity contribution < 1.29 is 9.21 Å². The van der Waals surface area contributed by atoms with E-state index in [1.54, 1.807) is 18.4 Å². The second-order valence-corrected chi connectivity index (χ2v) is 5.38. The van der Waals surface area contributed by atoms with Crippen LogP contribution >= 0.6 is 0 Å². The first-order chi connectivity index (χ1) is 10.3. The van der Waals surface area contributed by atoms with Crippen LogP contribution < -0.4 is 0 Å². The van der Waals surface area contributed by atoms with Gasteiger partial charge in [0.05, 0.1) is 6.26 Å². The van der Waals surface area contributed by atoms with Crippen molar-refractivity contribution in [3.63, 3.8) is 0 Å². The Morgan fingerprint density at radius 1 is 1.00 bits per heavy atom. The summed E-state index contributed by atoms with van der Waals surface area (Å²) in [4.78, 5) is 16.6. The summed E-state index contributed by atoms with van der Waals surface area (Å²) in [5.74, 6) is 0.438. The molecule has 1 aromatic heterocycles. The second-order valence-electron chi connectivity index (χ2n) is 5.38. The zero-order valence-corrected chi connectivity index (χ0v) is 12.1. The van der Waals surface area contributed by atoms with Gasteiger partial charge in [0.15, 0.2) is 5.76 Å². The van der Waals surface area contributed by atoms with E-state index in [1.807, 2.05) is 11.0 Å². The van der Waals surface area contributed by atoms with E-state index >= 15 is 0 Å². The Kier molecular flexibility index (Phi) is 4.36. The van der Waals surface area contributed by atoms with E-state index in [9.17, 15) is 4.79 Å². The lowest BCUT2D eigenvalue weighted by Crippen LogP contribution is -2.34. The lowest BCUT2D eigenvalue weighted by Gasteiger charge is -2.21. The highest BCUT2D eigenvalue weighted by Crippen LogP contribution is 2.12. The van der Waals surface area contributed by atoms with E-state index in [2.05, 4.69) is 29.2 Å². The number of nitrogens with zero attached hydrogens (tertiary/aromatic N) is 2. The van der Waals surface area contributed by atoms with Gasteiger partial charge in [-0.1, -0.05) is 30.3 Å². The standard InChI is InChI=1S/C17H20N2O2/c20-17(16-8-4-13-21-16)19-10-5-9-18(11-12-19)14-15-6-2-1-3-7-15/h1-4,6-8,13H,5,9-12,14H2. The minimum absolute atomic E-state index is 0.00145. The third-order valence-electron chi connectivity index (χ3n) is 3.86. The smallest absolute Gasteiger partial charge is 0.289 e. The SMILES string of the molecule is O=C(c1ccco1)N1CCCN(Cc2ccccc2)CC1. The number of hydrogen-bond acceptors (Lipinski definition) is 3. The first-order valence-electron chi connectivity index (χ1n) is 7.42. The monoisotopic (exact) mass is 284 g/mol. The van der Waals surface area contributed by atoms with Crippen LogP contribution in [0, 0.1) is 0 Å². The van der Waals surface area contributed by atoms with E-state index in [0.717, 1.165) is 39.1 Å². The van der Waals surface area contributed by atoms with Gasteiger partial charge in [-0.2, -0.15) is 0 Å². The fourth-order valence-corrected chi connectivity index (χ4v) is 2.73. The average molecular weight is 284 g/mol. The maximum atomic E-state index is 12.3. The van der Waals surface area contributed by atoms with Gasteiger partial charge >= 0.3 is 0 Å². The molecule has 4 heteroatoms. The number of benzene rings is 1. The van der Waals surface area contributed by atoms with Gasteiger partial charge < -0.3 is 9.32 Å². The number of rotatable bonds is 3. The molecule has 1 aromatic carbocycles. The zero-order valence-electron chi connectivity index (χ0n) is 12.1. The number of furan rings is 1. The first-order valence-corrected chi connectivity index (χ1v) is 7.42. The molecule has 0 N–H and O–H groups in total. The van der Waals surface area contributed by atoms with Crippen molar-refractivity contribution in [3.8, 4) is 0 Å². The van der Waals surface area contributed by atoms with Crippen molar-refractivity contribution in [1.29, 1.82) is 0 Å². The minimum Gasteiger partial charge on any atom is -0.459 e. The molecule has 0 spiro atoms. The number of carbonyl (C=O) groups is 1. The van der Waals surface area contributed by atoms with E-state index in [-0.39, 0.29) is 5.91 Å². The molecule has 110 valence electrons. The summed E-state index contributed by atoms with van der Waals surface area (Å²) < 4.78 is 5.21. The molecule has 0 unspecified atom stereocenters. The van der Waals surface area contributed by atoms with Crippen LogP contribution in [0.3, 0.4) is 0 Å². The van der Waals surface area contributed by atoms with E-state index < -0.39 is 0 Å². The number of carbonyl (C=O) groups excluding carboxylic acids is 1. The Labute approximate surface area is 125 Å². The summed E-state index contributed by atoms with van der Waals surface area (Å²) in [5.41, 5.74) is 1.32. The highest BCUT2D eigenvalue weighted by Gasteiger charge is 2.21. The molecule has 2 heterocycles. The molecule has 1 amide bonds. The van der Waals surface area contributed by atoms with Crippen molar-refractivity contribution in [2.75, 3.05) is 26.2 Å². The number of amides is 1. The van der Waals surface area contributed by atoms with Crippen molar-refractivity contribution in [1.82, 2.24) is 9.80 Å². The van der Waals surface area contributed by atoms with Gasteiger partial charge in [0.25, 0.3) is 5.91 Å². The summed E-state index contributed by atoms with van der Waals surface area (Å²) in [6.45, 7) is 4.43. The summed E-state index contributed by atoms with van der Waals surface area (Å²) in [7, 11) is 0. The van der Waals surface area contributed by atoms with Crippen LogP contribution in [-0.2, 0) is 6.54 Å². The fourth-order valence-electron chi connectivity index (χ4n) is 2.73. The second kappa shape index (κ2) is 6.59. The molecule has 0 saturated carbocycles. The predicted octanol–water partition coefficient (Wildman–Crippen LogP) is 2.63. The maximum absolute atomic E-state index is 12.3.